The Kier molecular flexibility index (Phi) is 5.26. The summed E-state index contributed by atoms with van der Waals surface area (Å²) >= 11 is 0. The molecule has 4 aromatic rings. The van der Waals surface area contributed by atoms with Crippen molar-refractivity contribution in [3.8, 4) is 28.6 Å². The summed E-state index contributed by atoms with van der Waals surface area (Å²) in [7, 11) is 3.18. The maximum Gasteiger partial charge on any atom is 0.299 e. The first-order chi connectivity index (χ1) is 14.3. The van der Waals surface area contributed by atoms with Crippen molar-refractivity contribution in [3.63, 3.8) is 0 Å². The number of nitrogens with zero attached hydrogens (tertiary/aromatic N) is 2. The SMILES string of the molecule is COCCOc1cc2ncnc(-c3c(OC=O)[nH]c4ccccc34)c2cc1OC. The lowest BCUT2D eigenvalue weighted by atomic mass is 10.0. The van der Waals surface area contributed by atoms with E-state index >= 15 is 0 Å². The minimum atomic E-state index is 0.320. The van der Waals surface area contributed by atoms with E-state index < -0.39 is 0 Å². The van der Waals surface area contributed by atoms with Gasteiger partial charge in [-0.3, -0.25) is 4.79 Å². The molecule has 0 radical (unpaired) electrons. The van der Waals surface area contributed by atoms with E-state index in [1.165, 1.54) is 6.33 Å². The van der Waals surface area contributed by atoms with Gasteiger partial charge in [0, 0.05) is 29.5 Å². The zero-order chi connectivity index (χ0) is 20.2. The molecule has 29 heavy (non-hydrogen) atoms. The van der Waals surface area contributed by atoms with Gasteiger partial charge in [0.1, 0.15) is 12.9 Å². The molecule has 0 unspecified atom stereocenters. The molecule has 0 aliphatic heterocycles. The minimum absolute atomic E-state index is 0.320. The number of rotatable bonds is 8. The molecule has 0 saturated heterocycles. The Hall–Kier alpha value is -3.65. The third kappa shape index (κ3) is 3.45. The first-order valence-electron chi connectivity index (χ1n) is 8.92. The van der Waals surface area contributed by atoms with Gasteiger partial charge in [-0.1, -0.05) is 18.2 Å². The fraction of sp³-hybridized carbons (Fsp3) is 0.190. The number of para-hydroxylation sites is 1. The quantitative estimate of drug-likeness (QED) is 0.362. The molecule has 0 aliphatic rings. The van der Waals surface area contributed by atoms with Crippen LogP contribution in [0.5, 0.6) is 17.4 Å². The van der Waals surface area contributed by atoms with Crippen LogP contribution < -0.4 is 14.2 Å². The second kappa shape index (κ2) is 8.15. The van der Waals surface area contributed by atoms with E-state index in [-0.39, 0.29) is 0 Å². The van der Waals surface area contributed by atoms with Gasteiger partial charge in [0.05, 0.1) is 30.5 Å². The van der Waals surface area contributed by atoms with Crippen LogP contribution in [0.2, 0.25) is 0 Å². The average Bonchev–Trinajstić information content (AvgIpc) is 3.11. The van der Waals surface area contributed by atoms with E-state index in [4.69, 9.17) is 18.9 Å². The number of hydrogen-bond acceptors (Lipinski definition) is 7. The number of fused-ring (bicyclic) bond motifs is 2. The van der Waals surface area contributed by atoms with Crippen molar-refractivity contribution < 1.29 is 23.7 Å². The van der Waals surface area contributed by atoms with Gasteiger partial charge in [-0.2, -0.15) is 0 Å². The summed E-state index contributed by atoms with van der Waals surface area (Å²) in [5, 5.41) is 1.62. The minimum Gasteiger partial charge on any atom is -0.493 e. The average molecular weight is 393 g/mol. The molecule has 2 aromatic heterocycles. The van der Waals surface area contributed by atoms with Crippen molar-refractivity contribution in [2.75, 3.05) is 27.4 Å². The van der Waals surface area contributed by atoms with Gasteiger partial charge in [0.2, 0.25) is 5.88 Å². The number of carbonyl (C=O) groups excluding carboxylic acids is 1. The normalized spacial score (nSPS) is 11.0. The number of nitrogens with one attached hydrogen (secondary N) is 1. The van der Waals surface area contributed by atoms with Crippen molar-refractivity contribution in [1.82, 2.24) is 15.0 Å². The lowest BCUT2D eigenvalue weighted by Crippen LogP contribution is -2.05. The number of aromatic nitrogens is 3. The van der Waals surface area contributed by atoms with E-state index in [0.29, 0.717) is 53.8 Å². The van der Waals surface area contributed by atoms with Gasteiger partial charge in [-0.25, -0.2) is 9.97 Å². The molecular weight excluding hydrogens is 374 g/mol. The Morgan fingerprint density at radius 2 is 1.90 bits per heavy atom. The number of hydrogen-bond donors (Lipinski definition) is 1. The van der Waals surface area contributed by atoms with Crippen LogP contribution >= 0.6 is 0 Å². The fourth-order valence-electron chi connectivity index (χ4n) is 3.26. The van der Waals surface area contributed by atoms with E-state index in [1.54, 1.807) is 20.3 Å². The number of ether oxygens (including phenoxy) is 4. The van der Waals surface area contributed by atoms with Gasteiger partial charge in [-0.05, 0) is 12.1 Å². The molecule has 0 bridgehead atoms. The van der Waals surface area contributed by atoms with Crippen LogP contribution in [0.3, 0.4) is 0 Å². The van der Waals surface area contributed by atoms with Crippen LogP contribution in [0.15, 0.2) is 42.7 Å². The molecule has 0 aliphatic carbocycles. The van der Waals surface area contributed by atoms with Crippen molar-refractivity contribution in [1.29, 1.82) is 0 Å². The zero-order valence-corrected chi connectivity index (χ0v) is 16.0. The van der Waals surface area contributed by atoms with Crippen molar-refractivity contribution in [2.24, 2.45) is 0 Å². The molecule has 148 valence electrons. The number of benzene rings is 2. The Labute approximate surface area is 166 Å². The Morgan fingerprint density at radius 1 is 1.03 bits per heavy atom. The first kappa shape index (κ1) is 18.7. The molecular formula is C21H19N3O5. The van der Waals surface area contributed by atoms with Gasteiger partial charge in [-0.15, -0.1) is 0 Å². The number of aromatic amines is 1. The van der Waals surface area contributed by atoms with Crippen LogP contribution in [-0.4, -0.2) is 48.9 Å². The predicted octanol–water partition coefficient (Wildman–Crippen LogP) is 3.35. The molecule has 0 fully saturated rings. The lowest BCUT2D eigenvalue weighted by molar-refractivity contribution is -0.120. The van der Waals surface area contributed by atoms with Crippen LogP contribution in [0.4, 0.5) is 0 Å². The Balaban J connectivity index is 1.92. The van der Waals surface area contributed by atoms with Crippen LogP contribution in [0.1, 0.15) is 0 Å². The van der Waals surface area contributed by atoms with Gasteiger partial charge >= 0.3 is 0 Å². The van der Waals surface area contributed by atoms with Crippen LogP contribution in [0.25, 0.3) is 33.1 Å². The molecule has 0 spiro atoms. The molecule has 1 N–H and O–H groups in total. The van der Waals surface area contributed by atoms with E-state index in [1.807, 2.05) is 30.3 Å². The van der Waals surface area contributed by atoms with Crippen molar-refractivity contribution in [2.45, 2.75) is 0 Å². The molecule has 4 rings (SSSR count). The molecule has 2 heterocycles. The maximum atomic E-state index is 11.0. The number of H-pyrrole nitrogens is 1. The topological polar surface area (TPSA) is 95.6 Å². The fourth-order valence-corrected chi connectivity index (χ4v) is 3.26. The Bertz CT molecular complexity index is 1170. The second-order valence-corrected chi connectivity index (χ2v) is 6.17. The first-order valence-corrected chi connectivity index (χ1v) is 8.92. The Morgan fingerprint density at radius 3 is 2.69 bits per heavy atom. The molecule has 0 saturated carbocycles. The van der Waals surface area contributed by atoms with E-state index in [2.05, 4.69) is 15.0 Å². The smallest absolute Gasteiger partial charge is 0.299 e. The monoisotopic (exact) mass is 393 g/mol. The number of carbonyl (C=O) groups is 1. The third-order valence-corrected chi connectivity index (χ3v) is 4.54. The summed E-state index contributed by atoms with van der Waals surface area (Å²) in [6.45, 7) is 1.23. The lowest BCUT2D eigenvalue weighted by Gasteiger charge is -2.13. The van der Waals surface area contributed by atoms with E-state index in [9.17, 15) is 4.79 Å². The third-order valence-electron chi connectivity index (χ3n) is 4.54. The molecule has 0 atom stereocenters. The number of methoxy groups -OCH3 is 2. The van der Waals surface area contributed by atoms with E-state index in [0.717, 1.165) is 16.3 Å². The molecule has 8 heteroatoms. The second-order valence-electron chi connectivity index (χ2n) is 6.17. The van der Waals surface area contributed by atoms with Crippen molar-refractivity contribution in [3.05, 3.63) is 42.7 Å². The van der Waals surface area contributed by atoms with Crippen LogP contribution in [-0.2, 0) is 9.53 Å². The standard InChI is InChI=1S/C21H19N3O5/c1-26-7-8-28-18-10-16-14(9-17(18)27-2)20(23-11-22-16)19-13-5-3-4-6-15(13)24-21(19)29-12-25/h3-6,9-12,24H,7-8H2,1-2H3. The summed E-state index contributed by atoms with van der Waals surface area (Å²) < 4.78 is 21.5. The maximum absolute atomic E-state index is 11.0. The molecule has 0 amide bonds. The van der Waals surface area contributed by atoms with Gasteiger partial charge in [0.15, 0.2) is 11.5 Å². The predicted molar refractivity (Wildman–Crippen MR) is 107 cm³/mol. The summed E-state index contributed by atoms with van der Waals surface area (Å²) in [5.41, 5.74) is 2.80. The summed E-state index contributed by atoms with van der Waals surface area (Å²) in [6, 6.07) is 11.3. The van der Waals surface area contributed by atoms with Gasteiger partial charge < -0.3 is 23.9 Å². The van der Waals surface area contributed by atoms with Crippen molar-refractivity contribution >= 4 is 28.3 Å². The highest BCUT2D eigenvalue weighted by molar-refractivity contribution is 6.05. The zero-order valence-electron chi connectivity index (χ0n) is 16.0. The molecule has 8 nitrogen and oxygen atoms in total. The highest BCUT2D eigenvalue weighted by Crippen LogP contribution is 2.41. The highest BCUT2D eigenvalue weighted by Gasteiger charge is 2.20. The largest absolute Gasteiger partial charge is 0.493 e. The van der Waals surface area contributed by atoms with Gasteiger partial charge in [0.25, 0.3) is 6.47 Å². The van der Waals surface area contributed by atoms with Crippen LogP contribution in [0, 0.1) is 0 Å². The molecule has 2 aromatic carbocycles. The summed E-state index contributed by atoms with van der Waals surface area (Å²) in [4.78, 5) is 23.0. The highest BCUT2D eigenvalue weighted by atomic mass is 16.5. The summed E-state index contributed by atoms with van der Waals surface area (Å²) in [5.74, 6) is 1.42. The summed E-state index contributed by atoms with van der Waals surface area (Å²) in [6.07, 6.45) is 1.47.